The molecular weight excluding hydrogens is 310 g/mol. The van der Waals surface area contributed by atoms with Gasteiger partial charge in [-0.25, -0.2) is 0 Å². The number of carbonyl (C=O) groups excluding carboxylic acids is 1. The number of aliphatic imine (C=N–C) groups is 1. The molecule has 0 saturated carbocycles. The summed E-state index contributed by atoms with van der Waals surface area (Å²) in [5.41, 5.74) is 6.62. The van der Waals surface area contributed by atoms with E-state index in [1.54, 1.807) is 19.2 Å². The van der Waals surface area contributed by atoms with Crippen molar-refractivity contribution in [1.82, 2.24) is 15.2 Å². The van der Waals surface area contributed by atoms with Crippen LogP contribution in [0.15, 0.2) is 23.2 Å². The number of carbonyl (C=O) groups is 1. The second-order valence-corrected chi connectivity index (χ2v) is 5.48. The molecule has 24 heavy (non-hydrogen) atoms. The number of amides is 1. The van der Waals surface area contributed by atoms with Gasteiger partial charge in [-0.3, -0.25) is 15.1 Å². The molecule has 8 nitrogen and oxygen atoms in total. The smallest absolute Gasteiger partial charge is 0.274 e. The molecule has 0 bridgehead atoms. The first-order valence-corrected chi connectivity index (χ1v) is 7.46. The van der Waals surface area contributed by atoms with E-state index in [1.165, 1.54) is 7.05 Å². The van der Waals surface area contributed by atoms with Crippen LogP contribution in [0.2, 0.25) is 0 Å². The Morgan fingerprint density at radius 2 is 2.12 bits per heavy atom. The zero-order chi connectivity index (χ0) is 17.7. The quantitative estimate of drug-likeness (QED) is 0.535. The number of hydrogen-bond donors (Lipinski definition) is 3. The molecule has 2 rings (SSSR count). The number of nitrogens with one attached hydrogen (secondary N) is 2. The fourth-order valence-corrected chi connectivity index (χ4v) is 2.14. The molecule has 0 spiro atoms. The summed E-state index contributed by atoms with van der Waals surface area (Å²) in [5.74, 6) is 0.981. The number of hydrogen-bond acceptors (Lipinski definition) is 5. The monoisotopic (exact) mass is 333 g/mol. The first-order valence-electron chi connectivity index (χ1n) is 7.46. The zero-order valence-electron chi connectivity index (χ0n) is 14.3. The highest BCUT2D eigenvalue weighted by Gasteiger charge is 2.14. The molecule has 0 unspecified atom stereocenters. The molecule has 1 amide bonds. The summed E-state index contributed by atoms with van der Waals surface area (Å²) in [7, 11) is 7.04. The number of ether oxygens (including phenoxy) is 2. The minimum atomic E-state index is -0.369. The lowest BCUT2D eigenvalue weighted by atomic mass is 10.2. The van der Waals surface area contributed by atoms with Gasteiger partial charge in [-0.05, 0) is 20.2 Å². The molecule has 130 valence electrons. The second kappa shape index (κ2) is 7.69. The fourth-order valence-electron chi connectivity index (χ4n) is 2.14. The van der Waals surface area contributed by atoms with Crippen LogP contribution in [-0.2, 0) is 0 Å². The Labute approximate surface area is 140 Å². The van der Waals surface area contributed by atoms with Crippen molar-refractivity contribution in [2.45, 2.75) is 0 Å². The Balaban J connectivity index is 2.28. The summed E-state index contributed by atoms with van der Waals surface area (Å²) in [6.45, 7) is 1.35. The van der Waals surface area contributed by atoms with Crippen LogP contribution in [-0.4, -0.2) is 63.2 Å². The summed E-state index contributed by atoms with van der Waals surface area (Å²) in [6, 6.07) is 5.34. The number of nitrogens with two attached hydrogens (primary N) is 1. The minimum absolute atomic E-state index is 0.0540. The van der Waals surface area contributed by atoms with Gasteiger partial charge >= 0.3 is 0 Å². The van der Waals surface area contributed by atoms with Gasteiger partial charge in [0, 0.05) is 31.1 Å². The van der Waals surface area contributed by atoms with Crippen LogP contribution in [0.3, 0.4) is 0 Å². The molecule has 1 aromatic heterocycles. The summed E-state index contributed by atoms with van der Waals surface area (Å²) < 4.78 is 11.1. The van der Waals surface area contributed by atoms with Crippen molar-refractivity contribution < 1.29 is 14.3 Å². The van der Waals surface area contributed by atoms with E-state index in [2.05, 4.69) is 15.3 Å². The number of guanidine groups is 1. The van der Waals surface area contributed by atoms with Crippen LogP contribution >= 0.6 is 0 Å². The van der Waals surface area contributed by atoms with Gasteiger partial charge in [0.15, 0.2) is 5.96 Å². The molecule has 2 aromatic rings. The third-order valence-electron chi connectivity index (χ3n) is 3.43. The minimum Gasteiger partial charge on any atom is -0.496 e. The number of rotatable bonds is 6. The van der Waals surface area contributed by atoms with Crippen LogP contribution in [0, 0.1) is 0 Å². The fraction of sp³-hybridized carbons (Fsp3) is 0.375. The summed E-state index contributed by atoms with van der Waals surface area (Å²) >= 11 is 0. The Kier molecular flexibility index (Phi) is 5.64. The molecule has 1 heterocycles. The van der Waals surface area contributed by atoms with Gasteiger partial charge in [0.1, 0.15) is 23.8 Å². The molecule has 0 aliphatic rings. The summed E-state index contributed by atoms with van der Waals surface area (Å²) in [5, 5.41) is 3.27. The first-order chi connectivity index (χ1) is 11.4. The van der Waals surface area contributed by atoms with Crippen molar-refractivity contribution in [1.29, 1.82) is 0 Å². The maximum atomic E-state index is 12.1. The lowest BCUT2D eigenvalue weighted by molar-refractivity contribution is 0.0972. The number of likely N-dealkylation sites (N-methyl/N-ethyl adjacent to an activating group) is 1. The number of methoxy groups -OCH3 is 1. The predicted octanol–water partition coefficient (Wildman–Crippen LogP) is 0.791. The number of H-pyrrole nitrogens is 1. The van der Waals surface area contributed by atoms with Crippen LogP contribution in [0.5, 0.6) is 11.5 Å². The highest BCUT2D eigenvalue weighted by Crippen LogP contribution is 2.31. The number of fused-ring (bicyclic) bond motifs is 1. The Bertz CT molecular complexity index is 751. The number of nitrogens with zero attached hydrogens (tertiary/aromatic N) is 2. The Hall–Kier alpha value is -2.74. The van der Waals surface area contributed by atoms with Gasteiger partial charge in [-0.2, -0.15) is 0 Å². The molecular formula is C16H23N5O3. The van der Waals surface area contributed by atoms with Crippen molar-refractivity contribution in [3.8, 4) is 11.5 Å². The van der Waals surface area contributed by atoms with E-state index < -0.39 is 0 Å². The highest BCUT2D eigenvalue weighted by molar-refractivity contribution is 6.07. The van der Waals surface area contributed by atoms with Gasteiger partial charge in [-0.1, -0.05) is 0 Å². The Morgan fingerprint density at radius 1 is 1.38 bits per heavy atom. The van der Waals surface area contributed by atoms with Crippen LogP contribution in [0.4, 0.5) is 0 Å². The average molecular weight is 333 g/mol. The maximum absolute atomic E-state index is 12.1. The van der Waals surface area contributed by atoms with E-state index in [4.69, 9.17) is 15.2 Å². The molecule has 0 atom stereocenters. The maximum Gasteiger partial charge on any atom is 0.274 e. The normalized spacial score (nSPS) is 11.8. The molecule has 1 aromatic carbocycles. The number of aromatic nitrogens is 1. The lowest BCUT2D eigenvalue weighted by Gasteiger charge is -2.12. The van der Waals surface area contributed by atoms with E-state index in [9.17, 15) is 4.79 Å². The first kappa shape index (κ1) is 17.6. The van der Waals surface area contributed by atoms with Crippen molar-refractivity contribution >= 4 is 22.8 Å². The van der Waals surface area contributed by atoms with Gasteiger partial charge in [0.25, 0.3) is 5.91 Å². The third-order valence-corrected chi connectivity index (χ3v) is 3.43. The van der Waals surface area contributed by atoms with Gasteiger partial charge < -0.3 is 25.1 Å². The zero-order valence-corrected chi connectivity index (χ0v) is 14.3. The predicted molar refractivity (Wildman–Crippen MR) is 93.9 cm³/mol. The molecule has 4 N–H and O–H groups in total. The van der Waals surface area contributed by atoms with E-state index >= 15 is 0 Å². The SMILES string of the molecule is CN=C(N)NC(=O)c1cc2c(OC)cc(OCCN(C)C)cc2[nH]1. The van der Waals surface area contributed by atoms with Crippen LogP contribution in [0.25, 0.3) is 10.9 Å². The molecule has 0 aliphatic heterocycles. The highest BCUT2D eigenvalue weighted by atomic mass is 16.5. The largest absolute Gasteiger partial charge is 0.496 e. The van der Waals surface area contributed by atoms with E-state index in [0.717, 1.165) is 17.4 Å². The van der Waals surface area contributed by atoms with Crippen molar-refractivity contribution in [2.75, 3.05) is 41.4 Å². The molecule has 0 saturated heterocycles. The number of benzene rings is 1. The topological polar surface area (TPSA) is 105 Å². The lowest BCUT2D eigenvalue weighted by Crippen LogP contribution is -2.36. The second-order valence-electron chi connectivity index (χ2n) is 5.48. The molecule has 8 heteroatoms. The van der Waals surface area contributed by atoms with E-state index in [0.29, 0.717) is 23.8 Å². The van der Waals surface area contributed by atoms with Gasteiger partial charge in [0.05, 0.1) is 12.6 Å². The standard InChI is InChI=1S/C16H23N5O3/c1-18-16(17)20-15(22)13-9-11-12(19-13)7-10(8-14(11)23-4)24-6-5-21(2)3/h7-9,19H,5-6H2,1-4H3,(H3,17,18,20,22). The van der Waals surface area contributed by atoms with Gasteiger partial charge in [0.2, 0.25) is 0 Å². The average Bonchev–Trinajstić information content (AvgIpc) is 2.97. The van der Waals surface area contributed by atoms with E-state index in [-0.39, 0.29) is 11.9 Å². The third kappa shape index (κ3) is 4.17. The van der Waals surface area contributed by atoms with Crippen molar-refractivity contribution in [3.63, 3.8) is 0 Å². The molecule has 0 aliphatic carbocycles. The van der Waals surface area contributed by atoms with E-state index in [1.807, 2.05) is 25.1 Å². The molecule has 0 fully saturated rings. The van der Waals surface area contributed by atoms with Gasteiger partial charge in [-0.15, -0.1) is 0 Å². The summed E-state index contributed by atoms with van der Waals surface area (Å²) in [6.07, 6.45) is 0. The van der Waals surface area contributed by atoms with Crippen molar-refractivity contribution in [3.05, 3.63) is 23.9 Å². The Morgan fingerprint density at radius 3 is 2.75 bits per heavy atom. The summed E-state index contributed by atoms with van der Waals surface area (Å²) in [4.78, 5) is 20.9. The van der Waals surface area contributed by atoms with Crippen LogP contribution in [0.1, 0.15) is 10.5 Å². The molecule has 0 radical (unpaired) electrons. The van der Waals surface area contributed by atoms with Crippen LogP contribution < -0.4 is 20.5 Å². The van der Waals surface area contributed by atoms with Crippen molar-refractivity contribution in [2.24, 2.45) is 10.7 Å². The number of aromatic amines is 1.